The molecule has 3 fully saturated rings. The van der Waals surface area contributed by atoms with Crippen LogP contribution in [-0.2, 0) is 42.8 Å². The van der Waals surface area contributed by atoms with Gasteiger partial charge in [-0.3, -0.25) is 9.59 Å². The third-order valence-corrected chi connectivity index (χ3v) is 19.5. The van der Waals surface area contributed by atoms with Gasteiger partial charge < -0.3 is 100 Å². The van der Waals surface area contributed by atoms with Crippen LogP contribution in [0.1, 0.15) is 297 Å². The Morgan fingerprint density at radius 3 is 1.39 bits per heavy atom. The van der Waals surface area contributed by atoms with E-state index in [-0.39, 0.29) is 12.3 Å². The molecule has 0 radical (unpaired) electrons. The van der Waals surface area contributed by atoms with Crippen LogP contribution in [0, 0.1) is 0 Å². The Labute approximate surface area is 575 Å². The second-order valence-corrected chi connectivity index (χ2v) is 27.9. The fourth-order valence-electron chi connectivity index (χ4n) is 13.4. The lowest BCUT2D eigenvalue weighted by Crippen LogP contribution is -2.70. The van der Waals surface area contributed by atoms with Gasteiger partial charge in [0, 0.05) is 19.8 Å². The Balaban J connectivity index is 1.55. The van der Waals surface area contributed by atoms with Gasteiger partial charge in [0.15, 0.2) is 12.6 Å². The Morgan fingerprint density at radius 2 is 0.969 bits per heavy atom. The minimum Gasteiger partial charge on any atom is -0.477 e. The number of aliphatic hydroxyl groups is 11. The first-order chi connectivity index (χ1) is 46.4. The fourth-order valence-corrected chi connectivity index (χ4v) is 13.4. The van der Waals surface area contributed by atoms with Gasteiger partial charge in [0.25, 0.3) is 5.79 Å². The number of carboxylic acids is 1. The number of carbonyl (C=O) groups is 3. The van der Waals surface area contributed by atoms with Crippen LogP contribution < -0.4 is 10.6 Å². The van der Waals surface area contributed by atoms with Gasteiger partial charge >= 0.3 is 5.97 Å². The maximum atomic E-state index is 13.5. The molecule has 14 N–H and O–H groups in total. The average molecular weight is 1380 g/mol. The normalized spacial score (nSPS) is 27.6. The van der Waals surface area contributed by atoms with E-state index in [4.69, 9.17) is 28.4 Å². The van der Waals surface area contributed by atoms with E-state index < -0.39 is 155 Å². The highest BCUT2D eigenvalue weighted by Crippen LogP contribution is 2.39. The van der Waals surface area contributed by atoms with Crippen LogP contribution >= 0.6 is 0 Å². The fraction of sp³-hybridized carbons (Fsp3) is 0.932. The average Bonchev–Trinajstić information content (AvgIpc) is 0.758. The van der Waals surface area contributed by atoms with E-state index >= 15 is 0 Å². The number of amides is 2. The molecule has 0 aromatic rings. The van der Waals surface area contributed by atoms with Gasteiger partial charge in [-0.1, -0.05) is 270 Å². The highest BCUT2D eigenvalue weighted by Gasteiger charge is 2.60. The van der Waals surface area contributed by atoms with Gasteiger partial charge in [-0.15, -0.1) is 0 Å². The van der Waals surface area contributed by atoms with E-state index in [1.54, 1.807) is 6.08 Å². The molecule has 23 heteroatoms. The maximum Gasteiger partial charge on any atom is 0.364 e. The van der Waals surface area contributed by atoms with Crippen molar-refractivity contribution in [1.29, 1.82) is 0 Å². The molecule has 2 amide bonds. The molecule has 23 nitrogen and oxygen atoms in total. The summed E-state index contributed by atoms with van der Waals surface area (Å²) in [5.41, 5.74) is 0. The van der Waals surface area contributed by atoms with E-state index in [1.807, 2.05) is 6.08 Å². The Bertz CT molecular complexity index is 1980. The number of carbonyl (C=O) groups excluding carboxylic acids is 2. The second kappa shape index (κ2) is 53.3. The first kappa shape index (κ1) is 87.7. The minimum absolute atomic E-state index is 0.205. The van der Waals surface area contributed by atoms with E-state index in [2.05, 4.69) is 24.5 Å². The highest BCUT2D eigenvalue weighted by atomic mass is 16.8. The molecule has 0 aliphatic carbocycles. The van der Waals surface area contributed by atoms with Crippen LogP contribution in [0.15, 0.2) is 12.2 Å². The number of allylic oxidation sites excluding steroid dienone is 1. The molecule has 0 bridgehead atoms. The molecule has 0 spiro atoms. The molecule has 564 valence electrons. The molecule has 3 aliphatic heterocycles. The van der Waals surface area contributed by atoms with Gasteiger partial charge in [0.2, 0.25) is 11.8 Å². The highest BCUT2D eigenvalue weighted by molar-refractivity contribution is 5.77. The number of aliphatic carboxylic acids is 1. The minimum atomic E-state index is -3.08. The van der Waals surface area contributed by atoms with Crippen molar-refractivity contribution in [3.05, 3.63) is 12.2 Å². The van der Waals surface area contributed by atoms with Gasteiger partial charge in [0.05, 0.1) is 50.7 Å². The summed E-state index contributed by atoms with van der Waals surface area (Å²) in [6, 6.07) is -2.61. The molecule has 3 aliphatic rings. The Morgan fingerprint density at radius 1 is 0.542 bits per heavy atom. The van der Waals surface area contributed by atoms with E-state index in [1.165, 1.54) is 205 Å². The number of unbranched alkanes of at least 4 members (excludes halogenated alkanes) is 39. The zero-order chi connectivity index (χ0) is 70.4. The first-order valence-electron chi connectivity index (χ1n) is 38.1. The zero-order valence-electron chi connectivity index (χ0n) is 59.2. The molecular formula is C73H136N2O21. The predicted octanol–water partition coefficient (Wildman–Crippen LogP) is 8.63. The van der Waals surface area contributed by atoms with E-state index in [9.17, 15) is 75.7 Å². The molecule has 0 saturated carbocycles. The molecule has 18 atom stereocenters. The molecule has 3 saturated heterocycles. The van der Waals surface area contributed by atoms with Crippen LogP contribution in [-0.4, -0.2) is 215 Å². The predicted molar refractivity (Wildman–Crippen MR) is 366 cm³/mol. The van der Waals surface area contributed by atoms with Crippen LogP contribution in [0.25, 0.3) is 0 Å². The molecule has 18 unspecified atom stereocenters. The smallest absolute Gasteiger partial charge is 0.364 e. The third-order valence-electron chi connectivity index (χ3n) is 19.5. The number of hydrogen-bond acceptors (Lipinski definition) is 20. The van der Waals surface area contributed by atoms with Crippen LogP contribution in [0.5, 0.6) is 0 Å². The van der Waals surface area contributed by atoms with Crippen LogP contribution in [0.2, 0.25) is 0 Å². The number of carboxylic acid groups (broad SMARTS) is 1. The Kier molecular flexibility index (Phi) is 48.7. The number of hydrogen-bond donors (Lipinski definition) is 14. The second-order valence-electron chi connectivity index (χ2n) is 27.9. The van der Waals surface area contributed by atoms with Crippen molar-refractivity contribution in [3.8, 4) is 0 Å². The van der Waals surface area contributed by atoms with Crippen molar-refractivity contribution < 1.29 is 104 Å². The molecule has 0 aromatic heterocycles. The summed E-state index contributed by atoms with van der Waals surface area (Å²) in [7, 11) is 0. The van der Waals surface area contributed by atoms with Crippen LogP contribution in [0.4, 0.5) is 0 Å². The lowest BCUT2D eigenvalue weighted by atomic mass is 9.88. The molecule has 0 aromatic carbocycles. The first-order valence-corrected chi connectivity index (χ1v) is 38.1. The van der Waals surface area contributed by atoms with Crippen molar-refractivity contribution in [1.82, 2.24) is 10.6 Å². The molecule has 3 rings (SSSR count). The van der Waals surface area contributed by atoms with Crippen LogP contribution in [0.3, 0.4) is 0 Å². The summed E-state index contributed by atoms with van der Waals surface area (Å²) >= 11 is 0. The lowest BCUT2D eigenvalue weighted by Gasteiger charge is -2.50. The number of nitrogens with one attached hydrogen (secondary N) is 2. The lowest BCUT2D eigenvalue weighted by molar-refractivity contribution is -0.386. The summed E-state index contributed by atoms with van der Waals surface area (Å²) in [6.07, 6.45) is 25.3. The topological polar surface area (TPSA) is 373 Å². The van der Waals surface area contributed by atoms with Gasteiger partial charge in [-0.2, -0.15) is 0 Å². The summed E-state index contributed by atoms with van der Waals surface area (Å²) < 4.78 is 34.9. The van der Waals surface area contributed by atoms with E-state index in [0.29, 0.717) is 12.8 Å². The maximum absolute atomic E-state index is 13.5. The van der Waals surface area contributed by atoms with Crippen molar-refractivity contribution in [2.45, 2.75) is 407 Å². The zero-order valence-corrected chi connectivity index (χ0v) is 59.2. The van der Waals surface area contributed by atoms with Crippen molar-refractivity contribution >= 4 is 17.8 Å². The van der Waals surface area contributed by atoms with Gasteiger partial charge in [-0.25, -0.2) is 4.79 Å². The standard InChI is InChI=1S/C73H136N2O21/c1-4-6-8-10-12-14-16-18-20-22-23-24-25-26-27-28-29-31-32-34-36-38-40-42-44-46-55(80)54(75-60(83)47-45-43-41-39-37-35-33-30-21-19-17-15-13-11-9-7-5-2)52-91-70-65(87)64(86)67(59(51-78)93-70)94-71-66(88)69(63(85)58(50-77)92-71)96-73(72(89)90)48-56(81)61(74-53(3)79)68(95-73)62(84)57(82)49-76/h44,46,54-59,61-71,76-78,80-82,84-88H,4-43,45,47-52H2,1-3H3,(H,74,79)(H,75,83)(H,89,90)/b46-44+. The number of rotatable bonds is 59. The molecule has 96 heavy (non-hydrogen) atoms. The van der Waals surface area contributed by atoms with E-state index in [0.717, 1.165) is 51.9 Å². The summed E-state index contributed by atoms with van der Waals surface area (Å²) in [6.45, 7) is 2.18. The number of ether oxygens (including phenoxy) is 6. The largest absolute Gasteiger partial charge is 0.477 e. The van der Waals surface area contributed by atoms with Crippen molar-refractivity contribution in [3.63, 3.8) is 0 Å². The SMILES string of the molecule is CCCCCCCCCCCCCCCCCCCCCCCCC/C=C/C(O)C(COC1OC(CO)C(OC2OC(CO)C(O)C(OC3(C(=O)O)CC(O)C(NC(C)=O)C(C(O)C(O)CO)O3)C2O)C(O)C1O)NC(=O)CCCCCCCCCCCCCCCCCCC. The summed E-state index contributed by atoms with van der Waals surface area (Å²) in [5.74, 6) is -6.13. The summed E-state index contributed by atoms with van der Waals surface area (Å²) in [5, 5.41) is 136. The monoisotopic (exact) mass is 1380 g/mol. The molecule has 3 heterocycles. The van der Waals surface area contributed by atoms with Crippen molar-refractivity contribution in [2.24, 2.45) is 0 Å². The summed E-state index contributed by atoms with van der Waals surface area (Å²) in [4.78, 5) is 38.6. The Hall–Kier alpha value is -2.53. The third kappa shape index (κ3) is 34.4. The van der Waals surface area contributed by atoms with Gasteiger partial charge in [0.1, 0.15) is 67.1 Å². The van der Waals surface area contributed by atoms with Gasteiger partial charge in [-0.05, 0) is 19.3 Å². The van der Waals surface area contributed by atoms with Crippen molar-refractivity contribution in [2.75, 3.05) is 26.4 Å². The quantitative estimate of drug-likeness (QED) is 0.0200. The number of aliphatic hydroxyl groups excluding tert-OH is 11. The molecular weight excluding hydrogens is 1240 g/mol.